The molecule has 4 aliphatic rings. The van der Waals surface area contributed by atoms with Crippen molar-refractivity contribution < 1.29 is 19.1 Å². The number of benzene rings is 3. The molecule has 4 aliphatic heterocycles. The molecule has 2 spiro atoms. The molecule has 2 saturated heterocycles. The zero-order valence-corrected chi connectivity index (χ0v) is 23.2. The highest BCUT2D eigenvalue weighted by Crippen LogP contribution is 2.68. The van der Waals surface area contributed by atoms with E-state index in [1.165, 1.54) is 0 Å². The van der Waals surface area contributed by atoms with Gasteiger partial charge in [-0.3, -0.25) is 19.3 Å². The molecule has 2 N–H and O–H groups in total. The SMILES string of the molecule is CCCOc1ccc(C(=O)C2C3CCCN3C3(C(=O)Nc4c(Cl)cc(C)cc43)C23C(=O)Nc2ccccc23)cc1. The van der Waals surface area contributed by atoms with Crippen molar-refractivity contribution in [3.05, 3.63) is 87.9 Å². The first-order valence-electron chi connectivity index (χ1n) is 13.9. The van der Waals surface area contributed by atoms with Gasteiger partial charge < -0.3 is 15.4 Å². The second kappa shape index (κ2) is 8.91. The molecule has 0 bridgehead atoms. The van der Waals surface area contributed by atoms with Crippen LogP contribution in [0.25, 0.3) is 0 Å². The van der Waals surface area contributed by atoms with Crippen molar-refractivity contribution in [1.29, 1.82) is 0 Å². The number of aryl methyl sites for hydroxylation is 1. The van der Waals surface area contributed by atoms with E-state index in [-0.39, 0.29) is 23.6 Å². The Hall–Kier alpha value is -3.68. The molecule has 2 amide bonds. The number of anilines is 2. The van der Waals surface area contributed by atoms with Crippen LogP contribution < -0.4 is 15.4 Å². The molecule has 7 nitrogen and oxygen atoms in total. The lowest BCUT2D eigenvalue weighted by Gasteiger charge is -2.43. The lowest BCUT2D eigenvalue weighted by Crippen LogP contribution is -2.62. The van der Waals surface area contributed by atoms with Gasteiger partial charge in [0, 0.05) is 22.9 Å². The minimum absolute atomic E-state index is 0.150. The highest BCUT2D eigenvalue weighted by atomic mass is 35.5. The van der Waals surface area contributed by atoms with E-state index in [2.05, 4.69) is 15.5 Å². The number of nitrogens with one attached hydrogen (secondary N) is 2. The van der Waals surface area contributed by atoms with Crippen molar-refractivity contribution in [2.45, 2.75) is 50.1 Å². The monoisotopic (exact) mass is 555 g/mol. The fraction of sp³-hybridized carbons (Fsp3) is 0.344. The molecule has 4 atom stereocenters. The molecule has 3 aromatic carbocycles. The van der Waals surface area contributed by atoms with Crippen molar-refractivity contribution in [2.75, 3.05) is 23.8 Å². The van der Waals surface area contributed by atoms with Crippen LogP contribution in [0.3, 0.4) is 0 Å². The molecule has 3 aromatic rings. The highest BCUT2D eigenvalue weighted by Gasteiger charge is 2.81. The van der Waals surface area contributed by atoms with Crippen molar-refractivity contribution in [3.63, 3.8) is 0 Å². The molecule has 0 aromatic heterocycles. The Morgan fingerprint density at radius 2 is 1.82 bits per heavy atom. The third-order valence-corrected chi connectivity index (χ3v) is 9.49. The summed E-state index contributed by atoms with van der Waals surface area (Å²) in [5.74, 6) is -0.895. The summed E-state index contributed by atoms with van der Waals surface area (Å²) >= 11 is 6.71. The van der Waals surface area contributed by atoms with E-state index < -0.39 is 16.9 Å². The maximum Gasteiger partial charge on any atom is 0.251 e. The van der Waals surface area contributed by atoms with Crippen LogP contribution in [-0.4, -0.2) is 41.7 Å². The van der Waals surface area contributed by atoms with Crippen molar-refractivity contribution >= 4 is 40.6 Å². The van der Waals surface area contributed by atoms with Crippen LogP contribution in [0.2, 0.25) is 5.02 Å². The standard InChI is InChI=1S/C32H30ClN3O4/c1-3-15-40-20-12-10-19(11-13-20)28(37)26-25-9-6-14-36(25)32(22-16-18(2)17-23(33)27(22)35-30(32)39)31(26)21-7-4-5-8-24(21)34-29(31)38/h4-5,7-8,10-13,16-17,25-26H,3,6,9,14-15H2,1-2H3,(H,34,38)(H,35,39). The molecule has 4 unspecified atom stereocenters. The first-order valence-corrected chi connectivity index (χ1v) is 14.3. The minimum Gasteiger partial charge on any atom is -0.494 e. The van der Waals surface area contributed by atoms with Gasteiger partial charge >= 0.3 is 0 Å². The van der Waals surface area contributed by atoms with E-state index in [1.807, 2.05) is 50.2 Å². The number of hydrogen-bond donors (Lipinski definition) is 2. The third kappa shape index (κ3) is 3.02. The summed E-state index contributed by atoms with van der Waals surface area (Å²) in [5.41, 5.74) is 0.954. The summed E-state index contributed by atoms with van der Waals surface area (Å²) in [6, 6.07) is 18.1. The molecule has 4 heterocycles. The van der Waals surface area contributed by atoms with Crippen LogP contribution in [0, 0.1) is 12.8 Å². The van der Waals surface area contributed by atoms with Crippen LogP contribution in [0.4, 0.5) is 11.4 Å². The van der Waals surface area contributed by atoms with Gasteiger partial charge in [0.15, 0.2) is 5.78 Å². The number of para-hydroxylation sites is 1. The lowest BCUT2D eigenvalue weighted by atomic mass is 9.57. The summed E-state index contributed by atoms with van der Waals surface area (Å²) in [4.78, 5) is 45.9. The molecule has 7 rings (SSSR count). The molecular formula is C32H30ClN3O4. The van der Waals surface area contributed by atoms with Gasteiger partial charge in [0.25, 0.3) is 5.91 Å². The lowest BCUT2D eigenvalue weighted by molar-refractivity contribution is -0.137. The zero-order chi connectivity index (χ0) is 27.8. The average molecular weight is 556 g/mol. The van der Waals surface area contributed by atoms with E-state index in [0.29, 0.717) is 58.4 Å². The van der Waals surface area contributed by atoms with Crippen molar-refractivity contribution in [1.82, 2.24) is 4.90 Å². The van der Waals surface area contributed by atoms with Gasteiger partial charge in [0.1, 0.15) is 16.7 Å². The van der Waals surface area contributed by atoms with E-state index in [4.69, 9.17) is 16.3 Å². The predicted octanol–water partition coefficient (Wildman–Crippen LogP) is 5.45. The smallest absolute Gasteiger partial charge is 0.251 e. The fourth-order valence-corrected chi connectivity index (χ4v) is 8.21. The Kier molecular flexibility index (Phi) is 5.64. The van der Waals surface area contributed by atoms with Gasteiger partial charge in [-0.25, -0.2) is 0 Å². The number of carbonyl (C=O) groups excluding carboxylic acids is 3. The Balaban J connectivity index is 1.50. The molecule has 0 radical (unpaired) electrons. The summed E-state index contributed by atoms with van der Waals surface area (Å²) < 4.78 is 5.74. The molecule has 8 heteroatoms. The summed E-state index contributed by atoms with van der Waals surface area (Å²) in [5, 5.41) is 6.54. The Morgan fingerprint density at radius 3 is 2.60 bits per heavy atom. The largest absolute Gasteiger partial charge is 0.494 e. The number of halogens is 1. The predicted molar refractivity (Wildman–Crippen MR) is 153 cm³/mol. The molecular weight excluding hydrogens is 526 g/mol. The first-order chi connectivity index (χ1) is 19.3. The van der Waals surface area contributed by atoms with Crippen LogP contribution in [0.15, 0.2) is 60.7 Å². The fourth-order valence-electron chi connectivity index (χ4n) is 7.89. The molecule has 0 aliphatic carbocycles. The number of carbonyl (C=O) groups is 3. The van der Waals surface area contributed by atoms with Gasteiger partial charge in [-0.15, -0.1) is 0 Å². The van der Waals surface area contributed by atoms with Crippen molar-refractivity contribution in [2.24, 2.45) is 5.92 Å². The number of amides is 2. The van der Waals surface area contributed by atoms with Gasteiger partial charge in [-0.1, -0.05) is 42.8 Å². The second-order valence-corrected chi connectivity index (χ2v) is 11.7. The topological polar surface area (TPSA) is 87.7 Å². The quantitative estimate of drug-likeness (QED) is 0.409. The van der Waals surface area contributed by atoms with E-state index in [1.54, 1.807) is 24.3 Å². The van der Waals surface area contributed by atoms with Crippen LogP contribution in [-0.2, 0) is 20.5 Å². The van der Waals surface area contributed by atoms with Crippen molar-refractivity contribution in [3.8, 4) is 5.75 Å². The summed E-state index contributed by atoms with van der Waals surface area (Å²) in [7, 11) is 0. The number of Topliss-reactive ketones (excluding diaryl/α,β-unsaturated/α-hetero) is 1. The number of nitrogens with zero attached hydrogens (tertiary/aromatic N) is 1. The number of fused-ring (bicyclic) bond motifs is 7. The average Bonchev–Trinajstić information content (AvgIpc) is 3.67. The van der Waals surface area contributed by atoms with Gasteiger partial charge in [-0.2, -0.15) is 0 Å². The summed E-state index contributed by atoms with van der Waals surface area (Å²) in [6.45, 7) is 5.15. The zero-order valence-electron chi connectivity index (χ0n) is 22.4. The molecule has 40 heavy (non-hydrogen) atoms. The van der Waals surface area contributed by atoms with E-state index in [0.717, 1.165) is 18.4 Å². The number of rotatable bonds is 5. The first kappa shape index (κ1) is 25.3. The summed E-state index contributed by atoms with van der Waals surface area (Å²) in [6.07, 6.45) is 2.41. The number of ether oxygens (including phenoxy) is 1. The Morgan fingerprint density at radius 1 is 1.05 bits per heavy atom. The molecule has 204 valence electrons. The Labute approximate surface area is 237 Å². The Bertz CT molecular complexity index is 1590. The maximum absolute atomic E-state index is 14.7. The minimum atomic E-state index is -1.49. The maximum atomic E-state index is 14.7. The second-order valence-electron chi connectivity index (χ2n) is 11.3. The number of hydrogen-bond acceptors (Lipinski definition) is 5. The van der Waals surface area contributed by atoms with Crippen LogP contribution in [0.5, 0.6) is 5.75 Å². The molecule has 2 fully saturated rings. The molecule has 0 saturated carbocycles. The van der Waals surface area contributed by atoms with Crippen LogP contribution >= 0.6 is 11.6 Å². The van der Waals surface area contributed by atoms with Crippen LogP contribution in [0.1, 0.15) is 53.2 Å². The van der Waals surface area contributed by atoms with Gasteiger partial charge in [0.2, 0.25) is 5.91 Å². The van der Waals surface area contributed by atoms with E-state index in [9.17, 15) is 14.4 Å². The van der Waals surface area contributed by atoms with Gasteiger partial charge in [-0.05, 0) is 80.3 Å². The number of ketones is 1. The van der Waals surface area contributed by atoms with E-state index >= 15 is 0 Å². The normalized spacial score (nSPS) is 28.0. The highest BCUT2D eigenvalue weighted by molar-refractivity contribution is 6.35. The van der Waals surface area contributed by atoms with Gasteiger partial charge in [0.05, 0.1) is 23.2 Å². The third-order valence-electron chi connectivity index (χ3n) is 9.20.